The minimum atomic E-state index is -0.594. The topological polar surface area (TPSA) is 144 Å². The molecule has 2 heterocycles. The van der Waals surface area contributed by atoms with Gasteiger partial charge in [-0.3, -0.25) is 19.8 Å². The Bertz CT molecular complexity index is 832. The van der Waals surface area contributed by atoms with E-state index in [1.807, 2.05) is 0 Å². The molecule has 1 atom stereocenters. The SMILES string of the molecule is NC(=O)c1cncc(-c2noc(C(CCCC3CCCCC3)CC(=O)NO)n2)c1. The Hall–Kier alpha value is -2.81. The first-order valence-electron chi connectivity index (χ1n) is 10.1. The van der Waals surface area contributed by atoms with Crippen molar-refractivity contribution in [2.45, 2.75) is 63.7 Å². The predicted octanol–water partition coefficient (Wildman–Crippen LogP) is 2.96. The summed E-state index contributed by atoms with van der Waals surface area (Å²) in [6, 6.07) is 1.54. The fraction of sp³-hybridized carbons (Fsp3) is 0.550. The number of hydrogen-bond donors (Lipinski definition) is 3. The number of hydrogen-bond acceptors (Lipinski definition) is 7. The summed E-state index contributed by atoms with van der Waals surface area (Å²) in [4.78, 5) is 31.5. The molecule has 1 fully saturated rings. The maximum absolute atomic E-state index is 11.7. The van der Waals surface area contributed by atoms with Crippen molar-refractivity contribution in [1.29, 1.82) is 0 Å². The van der Waals surface area contributed by atoms with Crippen LogP contribution in [0.4, 0.5) is 0 Å². The highest BCUT2D eigenvalue weighted by Gasteiger charge is 2.24. The van der Waals surface area contributed by atoms with E-state index in [0.29, 0.717) is 17.9 Å². The van der Waals surface area contributed by atoms with Gasteiger partial charge in [0.15, 0.2) is 0 Å². The van der Waals surface area contributed by atoms with Crippen molar-refractivity contribution < 1.29 is 19.3 Å². The number of nitrogens with one attached hydrogen (secondary N) is 1. The first-order chi connectivity index (χ1) is 14.1. The summed E-state index contributed by atoms with van der Waals surface area (Å²) in [6.07, 6.45) is 12.2. The van der Waals surface area contributed by atoms with E-state index in [1.165, 1.54) is 44.5 Å². The van der Waals surface area contributed by atoms with E-state index in [9.17, 15) is 9.59 Å². The second-order valence-electron chi connectivity index (χ2n) is 7.65. The normalized spacial score (nSPS) is 15.8. The zero-order valence-electron chi connectivity index (χ0n) is 16.3. The van der Waals surface area contributed by atoms with E-state index < -0.39 is 11.8 Å². The van der Waals surface area contributed by atoms with Crippen LogP contribution >= 0.6 is 0 Å². The smallest absolute Gasteiger partial charge is 0.250 e. The molecule has 29 heavy (non-hydrogen) atoms. The molecule has 1 unspecified atom stereocenters. The maximum Gasteiger partial charge on any atom is 0.250 e. The van der Waals surface area contributed by atoms with Crippen molar-refractivity contribution in [2.24, 2.45) is 11.7 Å². The lowest BCUT2D eigenvalue weighted by atomic mass is 9.84. The highest BCUT2D eigenvalue weighted by molar-refractivity contribution is 5.93. The van der Waals surface area contributed by atoms with E-state index in [0.717, 1.165) is 18.8 Å². The molecule has 0 saturated heterocycles. The number of nitrogens with two attached hydrogens (primary N) is 1. The van der Waals surface area contributed by atoms with Gasteiger partial charge in [-0.15, -0.1) is 0 Å². The van der Waals surface area contributed by atoms with Crippen LogP contribution in [0, 0.1) is 5.92 Å². The summed E-state index contributed by atoms with van der Waals surface area (Å²) >= 11 is 0. The number of carbonyl (C=O) groups is 2. The Morgan fingerprint density at radius 1 is 1.28 bits per heavy atom. The fourth-order valence-electron chi connectivity index (χ4n) is 3.93. The molecule has 4 N–H and O–H groups in total. The molecule has 2 aromatic rings. The number of primary amides is 1. The van der Waals surface area contributed by atoms with E-state index >= 15 is 0 Å². The molecule has 2 aromatic heterocycles. The lowest BCUT2D eigenvalue weighted by Crippen LogP contribution is -2.21. The molecule has 0 radical (unpaired) electrons. The van der Waals surface area contributed by atoms with Gasteiger partial charge < -0.3 is 10.3 Å². The molecular weight excluding hydrogens is 374 g/mol. The molecule has 0 spiro atoms. The van der Waals surface area contributed by atoms with Gasteiger partial charge in [-0.1, -0.05) is 50.1 Å². The number of hydroxylamine groups is 1. The van der Waals surface area contributed by atoms with Gasteiger partial charge in [-0.2, -0.15) is 4.98 Å². The Labute approximate surface area is 169 Å². The van der Waals surface area contributed by atoms with E-state index in [4.69, 9.17) is 15.5 Å². The summed E-state index contributed by atoms with van der Waals surface area (Å²) < 4.78 is 5.40. The number of amides is 2. The quantitative estimate of drug-likeness (QED) is 0.433. The minimum Gasteiger partial charge on any atom is -0.366 e. The van der Waals surface area contributed by atoms with Gasteiger partial charge >= 0.3 is 0 Å². The number of aromatic nitrogens is 3. The predicted molar refractivity (Wildman–Crippen MR) is 104 cm³/mol. The molecule has 9 nitrogen and oxygen atoms in total. The molecule has 156 valence electrons. The molecule has 1 aliphatic carbocycles. The Morgan fingerprint density at radius 2 is 2.07 bits per heavy atom. The van der Waals surface area contributed by atoms with Gasteiger partial charge in [0.25, 0.3) is 0 Å². The zero-order valence-corrected chi connectivity index (χ0v) is 16.3. The minimum absolute atomic E-state index is 0.0579. The van der Waals surface area contributed by atoms with Crippen molar-refractivity contribution in [3.05, 3.63) is 29.9 Å². The van der Waals surface area contributed by atoms with E-state index in [2.05, 4.69) is 15.1 Å². The van der Waals surface area contributed by atoms with E-state index in [-0.39, 0.29) is 23.7 Å². The first-order valence-corrected chi connectivity index (χ1v) is 10.1. The van der Waals surface area contributed by atoms with Gasteiger partial charge in [0.1, 0.15) is 0 Å². The largest absolute Gasteiger partial charge is 0.366 e. The molecule has 1 saturated carbocycles. The lowest BCUT2D eigenvalue weighted by molar-refractivity contribution is -0.129. The molecular formula is C20H27N5O4. The third kappa shape index (κ3) is 5.83. The van der Waals surface area contributed by atoms with Crippen molar-refractivity contribution in [3.8, 4) is 11.4 Å². The molecule has 0 aromatic carbocycles. The van der Waals surface area contributed by atoms with Gasteiger partial charge in [-0.25, -0.2) is 5.48 Å². The van der Waals surface area contributed by atoms with Gasteiger partial charge in [0.05, 0.1) is 5.56 Å². The van der Waals surface area contributed by atoms with Crippen LogP contribution in [-0.4, -0.2) is 32.1 Å². The van der Waals surface area contributed by atoms with Crippen molar-refractivity contribution in [3.63, 3.8) is 0 Å². The molecule has 1 aliphatic rings. The highest BCUT2D eigenvalue weighted by Crippen LogP contribution is 2.31. The van der Waals surface area contributed by atoms with Crippen LogP contribution in [0.15, 0.2) is 23.0 Å². The number of carbonyl (C=O) groups excluding carboxylic acids is 2. The summed E-state index contributed by atoms with van der Waals surface area (Å²) in [6.45, 7) is 0. The number of pyridine rings is 1. The van der Waals surface area contributed by atoms with Crippen LogP contribution in [0.2, 0.25) is 0 Å². The average Bonchev–Trinajstić information content (AvgIpc) is 3.24. The summed E-state index contributed by atoms with van der Waals surface area (Å²) in [5.41, 5.74) is 7.71. The van der Waals surface area contributed by atoms with Crippen molar-refractivity contribution in [2.75, 3.05) is 0 Å². The standard InChI is InChI=1S/C20H27N5O4/c21-18(27)15-9-16(12-22-11-15)19-23-20(29-25-19)14(10-17(26)24-28)8-4-7-13-5-2-1-3-6-13/h9,11-14,28H,1-8,10H2,(H2,21,27)(H,24,26). The van der Waals surface area contributed by atoms with Crippen LogP contribution in [0.1, 0.15) is 80.0 Å². The Kier molecular flexibility index (Phi) is 7.29. The third-order valence-corrected chi connectivity index (χ3v) is 5.52. The lowest BCUT2D eigenvalue weighted by Gasteiger charge is -2.22. The van der Waals surface area contributed by atoms with Crippen LogP contribution in [0.5, 0.6) is 0 Å². The molecule has 2 amide bonds. The first kappa shape index (κ1) is 20.9. The van der Waals surface area contributed by atoms with E-state index in [1.54, 1.807) is 11.5 Å². The van der Waals surface area contributed by atoms with Crippen LogP contribution in [-0.2, 0) is 4.79 Å². The fourth-order valence-corrected chi connectivity index (χ4v) is 3.93. The van der Waals surface area contributed by atoms with Crippen LogP contribution in [0.25, 0.3) is 11.4 Å². The van der Waals surface area contributed by atoms with Crippen molar-refractivity contribution in [1.82, 2.24) is 20.6 Å². The summed E-state index contributed by atoms with van der Waals surface area (Å²) in [7, 11) is 0. The number of rotatable bonds is 9. The van der Waals surface area contributed by atoms with Gasteiger partial charge in [0.2, 0.25) is 23.5 Å². The average molecular weight is 401 g/mol. The molecule has 3 rings (SSSR count). The maximum atomic E-state index is 11.7. The van der Waals surface area contributed by atoms with Crippen LogP contribution < -0.4 is 11.2 Å². The second-order valence-corrected chi connectivity index (χ2v) is 7.65. The summed E-state index contributed by atoms with van der Waals surface area (Å²) in [5.74, 6) is -0.0294. The Balaban J connectivity index is 1.69. The number of nitrogens with zero attached hydrogens (tertiary/aromatic N) is 3. The Morgan fingerprint density at radius 3 is 2.79 bits per heavy atom. The third-order valence-electron chi connectivity index (χ3n) is 5.52. The molecule has 0 aliphatic heterocycles. The van der Waals surface area contributed by atoms with Crippen molar-refractivity contribution >= 4 is 11.8 Å². The van der Waals surface area contributed by atoms with Gasteiger partial charge in [-0.05, 0) is 18.4 Å². The highest BCUT2D eigenvalue weighted by atomic mass is 16.5. The molecule has 9 heteroatoms. The zero-order chi connectivity index (χ0) is 20.6. The summed E-state index contributed by atoms with van der Waals surface area (Å²) in [5, 5.41) is 12.9. The van der Waals surface area contributed by atoms with Gasteiger partial charge in [0, 0.05) is 30.3 Å². The molecule has 0 bridgehead atoms. The van der Waals surface area contributed by atoms with Crippen LogP contribution in [0.3, 0.4) is 0 Å². The monoisotopic (exact) mass is 401 g/mol. The second kappa shape index (κ2) is 10.1.